The van der Waals surface area contributed by atoms with Gasteiger partial charge in [0.25, 0.3) is 0 Å². The fourth-order valence-electron chi connectivity index (χ4n) is 3.30. The van der Waals surface area contributed by atoms with Crippen LogP contribution < -0.4 is 9.47 Å². The number of ether oxygens (including phenoxy) is 2. The minimum atomic E-state index is -0.277. The highest BCUT2D eigenvalue weighted by molar-refractivity contribution is 6.35. The Balaban J connectivity index is 1.97. The van der Waals surface area contributed by atoms with E-state index < -0.39 is 0 Å². The summed E-state index contributed by atoms with van der Waals surface area (Å²) in [6.45, 7) is 0.266. The van der Waals surface area contributed by atoms with Crippen molar-refractivity contribution in [3.63, 3.8) is 0 Å². The fourth-order valence-corrected chi connectivity index (χ4v) is 3.51. The highest BCUT2D eigenvalue weighted by atomic mass is 35.5. The standard InChI is InChI=1S/C22H18ClFN2O2/c1-27-15-10-11-16(20(12-15)28-2)22-17-7-5-8-18(23)21(17)25-26(22)13-14-6-3-4-9-19(14)24/h3-12H,13H2,1-2H3. The van der Waals surface area contributed by atoms with E-state index in [1.54, 1.807) is 37.1 Å². The summed E-state index contributed by atoms with van der Waals surface area (Å²) in [7, 11) is 3.21. The average Bonchev–Trinajstić information content (AvgIpc) is 3.08. The van der Waals surface area contributed by atoms with E-state index in [9.17, 15) is 4.39 Å². The molecular formula is C22H18ClFN2O2. The first-order chi connectivity index (χ1) is 13.6. The molecule has 0 aliphatic carbocycles. The highest BCUT2D eigenvalue weighted by Crippen LogP contribution is 2.39. The van der Waals surface area contributed by atoms with E-state index in [0.29, 0.717) is 27.6 Å². The van der Waals surface area contributed by atoms with Crippen LogP contribution >= 0.6 is 11.6 Å². The van der Waals surface area contributed by atoms with Gasteiger partial charge in [-0.1, -0.05) is 41.9 Å². The van der Waals surface area contributed by atoms with Crippen molar-refractivity contribution in [3.05, 3.63) is 77.1 Å². The Morgan fingerprint density at radius 1 is 1.00 bits per heavy atom. The second-order valence-electron chi connectivity index (χ2n) is 6.30. The molecule has 0 amide bonds. The smallest absolute Gasteiger partial charge is 0.131 e. The van der Waals surface area contributed by atoms with Crippen LogP contribution in [-0.2, 0) is 6.54 Å². The molecule has 0 saturated heterocycles. The summed E-state index contributed by atoms with van der Waals surface area (Å²) in [5.74, 6) is 1.04. The van der Waals surface area contributed by atoms with Crippen LogP contribution in [0.25, 0.3) is 22.2 Å². The molecule has 0 unspecified atom stereocenters. The van der Waals surface area contributed by atoms with Gasteiger partial charge in [-0.3, -0.25) is 4.68 Å². The van der Waals surface area contributed by atoms with Gasteiger partial charge in [-0.15, -0.1) is 0 Å². The molecule has 0 aliphatic rings. The van der Waals surface area contributed by atoms with Crippen LogP contribution in [0, 0.1) is 5.82 Å². The number of rotatable bonds is 5. The lowest BCUT2D eigenvalue weighted by molar-refractivity contribution is 0.395. The largest absolute Gasteiger partial charge is 0.497 e. The zero-order valence-corrected chi connectivity index (χ0v) is 16.2. The molecule has 4 aromatic rings. The van der Waals surface area contributed by atoms with Crippen molar-refractivity contribution in [3.8, 4) is 22.8 Å². The second kappa shape index (κ2) is 7.52. The summed E-state index contributed by atoms with van der Waals surface area (Å²) in [6, 6.07) is 17.9. The molecule has 0 saturated carbocycles. The number of hydrogen-bond acceptors (Lipinski definition) is 3. The Morgan fingerprint density at radius 3 is 2.57 bits per heavy atom. The quantitative estimate of drug-likeness (QED) is 0.443. The molecule has 0 fully saturated rings. The van der Waals surface area contributed by atoms with E-state index in [1.165, 1.54) is 6.07 Å². The van der Waals surface area contributed by atoms with Crippen molar-refractivity contribution in [1.82, 2.24) is 9.78 Å². The topological polar surface area (TPSA) is 36.3 Å². The number of aromatic nitrogens is 2. The van der Waals surface area contributed by atoms with Gasteiger partial charge in [-0.2, -0.15) is 5.10 Å². The molecule has 0 spiro atoms. The first-order valence-corrected chi connectivity index (χ1v) is 9.11. The first kappa shape index (κ1) is 18.3. The summed E-state index contributed by atoms with van der Waals surface area (Å²) in [6.07, 6.45) is 0. The SMILES string of the molecule is COc1ccc(-c2c3cccc(Cl)c3nn2Cc2ccccc2F)c(OC)c1. The van der Waals surface area contributed by atoms with Crippen molar-refractivity contribution in [1.29, 1.82) is 0 Å². The Labute approximate surface area is 167 Å². The summed E-state index contributed by atoms with van der Waals surface area (Å²) in [5, 5.41) is 6.08. The van der Waals surface area contributed by atoms with Crippen LogP contribution in [0.4, 0.5) is 4.39 Å². The van der Waals surface area contributed by atoms with Crippen molar-refractivity contribution < 1.29 is 13.9 Å². The lowest BCUT2D eigenvalue weighted by Crippen LogP contribution is -2.06. The molecule has 0 aliphatic heterocycles. The van der Waals surface area contributed by atoms with Gasteiger partial charge in [-0.05, 0) is 24.3 Å². The zero-order chi connectivity index (χ0) is 19.7. The minimum absolute atomic E-state index is 0.266. The minimum Gasteiger partial charge on any atom is -0.497 e. The monoisotopic (exact) mass is 396 g/mol. The van der Waals surface area contributed by atoms with Crippen molar-refractivity contribution in [2.24, 2.45) is 0 Å². The lowest BCUT2D eigenvalue weighted by atomic mass is 10.1. The summed E-state index contributed by atoms with van der Waals surface area (Å²) in [5.41, 5.74) is 2.83. The fraction of sp³-hybridized carbons (Fsp3) is 0.136. The summed E-state index contributed by atoms with van der Waals surface area (Å²) >= 11 is 6.38. The molecule has 0 N–H and O–H groups in total. The van der Waals surface area contributed by atoms with Crippen LogP contribution in [-0.4, -0.2) is 24.0 Å². The Morgan fingerprint density at radius 2 is 1.82 bits per heavy atom. The zero-order valence-electron chi connectivity index (χ0n) is 15.4. The normalized spacial score (nSPS) is 11.0. The molecule has 28 heavy (non-hydrogen) atoms. The Hall–Kier alpha value is -3.05. The molecule has 4 rings (SSSR count). The van der Waals surface area contributed by atoms with E-state index in [2.05, 4.69) is 5.10 Å². The Bertz CT molecular complexity index is 1160. The molecule has 6 heteroatoms. The van der Waals surface area contributed by atoms with Gasteiger partial charge in [0, 0.05) is 22.6 Å². The van der Waals surface area contributed by atoms with Crippen LogP contribution in [0.5, 0.6) is 11.5 Å². The molecule has 1 heterocycles. The maximum absolute atomic E-state index is 14.3. The summed E-state index contributed by atoms with van der Waals surface area (Å²) in [4.78, 5) is 0. The van der Waals surface area contributed by atoms with Crippen LogP contribution in [0.3, 0.4) is 0 Å². The third-order valence-electron chi connectivity index (χ3n) is 4.66. The van der Waals surface area contributed by atoms with Crippen molar-refractivity contribution in [2.75, 3.05) is 14.2 Å². The highest BCUT2D eigenvalue weighted by Gasteiger charge is 2.20. The van der Waals surface area contributed by atoms with E-state index in [1.807, 2.05) is 36.4 Å². The van der Waals surface area contributed by atoms with Crippen molar-refractivity contribution >= 4 is 22.5 Å². The number of methoxy groups -OCH3 is 2. The number of hydrogen-bond donors (Lipinski definition) is 0. The predicted molar refractivity (Wildman–Crippen MR) is 109 cm³/mol. The molecule has 1 aromatic heterocycles. The van der Waals surface area contributed by atoms with Gasteiger partial charge in [0.05, 0.1) is 31.5 Å². The maximum Gasteiger partial charge on any atom is 0.131 e. The average molecular weight is 397 g/mol. The lowest BCUT2D eigenvalue weighted by Gasteiger charge is -2.13. The third kappa shape index (κ3) is 3.18. The van der Waals surface area contributed by atoms with E-state index in [0.717, 1.165) is 16.6 Å². The number of benzene rings is 3. The predicted octanol–water partition coefficient (Wildman–Crippen LogP) is 5.56. The summed E-state index contributed by atoms with van der Waals surface area (Å²) < 4.78 is 26.9. The van der Waals surface area contributed by atoms with Gasteiger partial charge >= 0.3 is 0 Å². The van der Waals surface area contributed by atoms with Gasteiger partial charge in [0.15, 0.2) is 0 Å². The maximum atomic E-state index is 14.3. The number of nitrogens with zero attached hydrogens (tertiary/aromatic N) is 2. The number of halogens is 2. The van der Waals surface area contributed by atoms with Crippen LogP contribution in [0.15, 0.2) is 60.7 Å². The van der Waals surface area contributed by atoms with E-state index in [4.69, 9.17) is 21.1 Å². The molecule has 142 valence electrons. The molecule has 0 atom stereocenters. The van der Waals surface area contributed by atoms with Gasteiger partial charge in [0.2, 0.25) is 0 Å². The molecule has 4 nitrogen and oxygen atoms in total. The first-order valence-electron chi connectivity index (χ1n) is 8.73. The molecule has 0 radical (unpaired) electrons. The van der Waals surface area contributed by atoms with Crippen LogP contribution in [0.1, 0.15) is 5.56 Å². The third-order valence-corrected chi connectivity index (χ3v) is 4.97. The second-order valence-corrected chi connectivity index (χ2v) is 6.71. The van der Waals surface area contributed by atoms with Crippen molar-refractivity contribution in [2.45, 2.75) is 6.54 Å². The Kier molecular flexibility index (Phi) is 4.92. The van der Waals surface area contributed by atoms with Gasteiger partial charge in [0.1, 0.15) is 22.8 Å². The van der Waals surface area contributed by atoms with E-state index in [-0.39, 0.29) is 12.4 Å². The molecule has 3 aromatic carbocycles. The number of fused-ring (bicyclic) bond motifs is 1. The molecular weight excluding hydrogens is 379 g/mol. The van der Waals surface area contributed by atoms with Gasteiger partial charge in [-0.25, -0.2) is 4.39 Å². The van der Waals surface area contributed by atoms with Gasteiger partial charge < -0.3 is 9.47 Å². The van der Waals surface area contributed by atoms with E-state index >= 15 is 0 Å². The molecule has 0 bridgehead atoms. The van der Waals surface area contributed by atoms with Crippen LogP contribution in [0.2, 0.25) is 5.02 Å².